The summed E-state index contributed by atoms with van der Waals surface area (Å²) >= 11 is 0. The Balaban J connectivity index is 1.60. The maximum Gasteiger partial charge on any atom is 0.229 e. The smallest absolute Gasteiger partial charge is 0.229 e. The highest BCUT2D eigenvalue weighted by molar-refractivity contribution is 5.91. The van der Waals surface area contributed by atoms with Crippen LogP contribution in [0.15, 0.2) is 54.7 Å². The number of halogens is 1. The Bertz CT molecular complexity index is 954. The van der Waals surface area contributed by atoms with Crippen LogP contribution >= 0.6 is 0 Å². The molecule has 0 spiro atoms. The number of amides is 1. The van der Waals surface area contributed by atoms with E-state index in [1.54, 1.807) is 29.1 Å². The van der Waals surface area contributed by atoms with Gasteiger partial charge in [0.05, 0.1) is 26.2 Å². The molecule has 0 saturated heterocycles. The van der Waals surface area contributed by atoms with E-state index in [9.17, 15) is 9.18 Å². The van der Waals surface area contributed by atoms with E-state index in [4.69, 9.17) is 9.47 Å². The van der Waals surface area contributed by atoms with Crippen LogP contribution in [0.4, 0.5) is 10.2 Å². The highest BCUT2D eigenvalue weighted by Crippen LogP contribution is 2.28. The molecule has 0 aliphatic carbocycles. The van der Waals surface area contributed by atoms with Gasteiger partial charge in [0.2, 0.25) is 5.91 Å². The third-order valence-electron chi connectivity index (χ3n) is 4.14. The average molecular weight is 397 g/mol. The lowest BCUT2D eigenvalue weighted by atomic mass is 10.1. The fourth-order valence-corrected chi connectivity index (χ4v) is 2.87. The number of carbonyl (C=O) groups is 1. The van der Waals surface area contributed by atoms with E-state index in [2.05, 4.69) is 10.4 Å². The van der Waals surface area contributed by atoms with Crippen molar-refractivity contribution in [3.8, 4) is 11.5 Å². The summed E-state index contributed by atoms with van der Waals surface area (Å²) in [4.78, 5) is 12.4. The topological polar surface area (TPSA) is 65.4 Å². The first-order chi connectivity index (χ1) is 14.1. The summed E-state index contributed by atoms with van der Waals surface area (Å²) in [5.41, 5.74) is 1.74. The molecule has 0 radical (unpaired) electrons. The molecular formula is C22H24FN3O3. The SMILES string of the molecule is CCOc1ccc(CC(=O)Nc2ccn(Cc3ccc(F)cc3)n2)cc1OCC. The van der Waals surface area contributed by atoms with Gasteiger partial charge < -0.3 is 14.8 Å². The van der Waals surface area contributed by atoms with Crippen LogP contribution in [-0.2, 0) is 17.8 Å². The zero-order chi connectivity index (χ0) is 20.6. The largest absolute Gasteiger partial charge is 0.490 e. The van der Waals surface area contributed by atoms with Gasteiger partial charge in [-0.3, -0.25) is 9.48 Å². The number of benzene rings is 2. The monoisotopic (exact) mass is 397 g/mol. The Morgan fingerprint density at radius 3 is 2.41 bits per heavy atom. The number of nitrogens with one attached hydrogen (secondary N) is 1. The molecule has 0 atom stereocenters. The molecule has 3 aromatic rings. The first-order valence-corrected chi connectivity index (χ1v) is 9.53. The van der Waals surface area contributed by atoms with Crippen molar-refractivity contribution in [2.75, 3.05) is 18.5 Å². The summed E-state index contributed by atoms with van der Waals surface area (Å²) in [7, 11) is 0. The second-order valence-electron chi connectivity index (χ2n) is 6.40. The van der Waals surface area contributed by atoms with E-state index < -0.39 is 0 Å². The first-order valence-electron chi connectivity index (χ1n) is 9.53. The van der Waals surface area contributed by atoms with Crippen LogP contribution in [0.2, 0.25) is 0 Å². The highest BCUT2D eigenvalue weighted by atomic mass is 19.1. The number of aromatic nitrogens is 2. The van der Waals surface area contributed by atoms with Crippen molar-refractivity contribution in [2.45, 2.75) is 26.8 Å². The Labute approximate surface area is 169 Å². The Morgan fingerprint density at radius 2 is 1.69 bits per heavy atom. The fraction of sp³-hybridized carbons (Fsp3) is 0.273. The quantitative estimate of drug-likeness (QED) is 0.592. The van der Waals surface area contributed by atoms with Crippen LogP contribution in [-0.4, -0.2) is 28.9 Å². The second-order valence-corrected chi connectivity index (χ2v) is 6.40. The van der Waals surface area contributed by atoms with Gasteiger partial charge in [-0.1, -0.05) is 18.2 Å². The third kappa shape index (κ3) is 5.81. The molecule has 1 N–H and O–H groups in total. The van der Waals surface area contributed by atoms with Gasteiger partial charge in [0.25, 0.3) is 0 Å². The van der Waals surface area contributed by atoms with E-state index in [1.807, 2.05) is 32.0 Å². The molecule has 0 fully saturated rings. The molecule has 1 aromatic heterocycles. The average Bonchev–Trinajstić information content (AvgIpc) is 3.12. The number of anilines is 1. The number of rotatable bonds is 9. The first kappa shape index (κ1) is 20.4. The van der Waals surface area contributed by atoms with Gasteiger partial charge in [-0.2, -0.15) is 5.10 Å². The normalized spacial score (nSPS) is 10.6. The lowest BCUT2D eigenvalue weighted by Gasteiger charge is -2.12. The van der Waals surface area contributed by atoms with Gasteiger partial charge in [0, 0.05) is 12.3 Å². The van der Waals surface area contributed by atoms with Crippen LogP contribution in [0, 0.1) is 5.82 Å². The molecule has 1 amide bonds. The summed E-state index contributed by atoms with van der Waals surface area (Å²) < 4.78 is 25.8. The van der Waals surface area contributed by atoms with Crippen LogP contribution < -0.4 is 14.8 Å². The number of hydrogen-bond acceptors (Lipinski definition) is 4. The molecule has 7 heteroatoms. The van der Waals surface area contributed by atoms with E-state index in [0.717, 1.165) is 11.1 Å². The Hall–Kier alpha value is -3.35. The van der Waals surface area contributed by atoms with Gasteiger partial charge in [-0.05, 0) is 49.2 Å². The molecule has 3 rings (SSSR count). The summed E-state index contributed by atoms with van der Waals surface area (Å²) in [6.45, 7) is 5.36. The minimum atomic E-state index is -0.274. The number of carbonyl (C=O) groups excluding carboxylic acids is 1. The lowest BCUT2D eigenvalue weighted by Crippen LogP contribution is -2.15. The van der Waals surface area contributed by atoms with Gasteiger partial charge in [0.15, 0.2) is 17.3 Å². The molecule has 0 aliphatic heterocycles. The van der Waals surface area contributed by atoms with Gasteiger partial charge >= 0.3 is 0 Å². The number of nitrogens with zero attached hydrogens (tertiary/aromatic N) is 2. The zero-order valence-corrected chi connectivity index (χ0v) is 16.5. The molecule has 152 valence electrons. The second kappa shape index (κ2) is 9.73. The molecule has 0 aliphatic rings. The molecule has 2 aromatic carbocycles. The Morgan fingerprint density at radius 1 is 1.00 bits per heavy atom. The van der Waals surface area contributed by atoms with Gasteiger partial charge in [0.1, 0.15) is 5.82 Å². The minimum Gasteiger partial charge on any atom is -0.490 e. The van der Waals surface area contributed by atoms with Crippen molar-refractivity contribution < 1.29 is 18.7 Å². The fourth-order valence-electron chi connectivity index (χ4n) is 2.87. The van der Waals surface area contributed by atoms with Crippen molar-refractivity contribution in [1.29, 1.82) is 0 Å². The molecular weight excluding hydrogens is 373 g/mol. The van der Waals surface area contributed by atoms with E-state index in [1.165, 1.54) is 12.1 Å². The predicted octanol–water partition coefficient (Wildman–Crippen LogP) is 4.05. The molecule has 29 heavy (non-hydrogen) atoms. The lowest BCUT2D eigenvalue weighted by molar-refractivity contribution is -0.115. The minimum absolute atomic E-state index is 0.177. The van der Waals surface area contributed by atoms with Crippen molar-refractivity contribution in [2.24, 2.45) is 0 Å². The van der Waals surface area contributed by atoms with Crippen LogP contribution in [0.5, 0.6) is 11.5 Å². The molecule has 0 saturated carbocycles. The zero-order valence-electron chi connectivity index (χ0n) is 16.5. The van der Waals surface area contributed by atoms with Crippen molar-refractivity contribution in [1.82, 2.24) is 9.78 Å². The van der Waals surface area contributed by atoms with Crippen LogP contribution in [0.3, 0.4) is 0 Å². The van der Waals surface area contributed by atoms with Gasteiger partial charge in [-0.15, -0.1) is 0 Å². The maximum absolute atomic E-state index is 13.0. The van der Waals surface area contributed by atoms with Crippen molar-refractivity contribution in [3.05, 3.63) is 71.7 Å². The number of hydrogen-bond donors (Lipinski definition) is 1. The third-order valence-corrected chi connectivity index (χ3v) is 4.14. The Kier molecular flexibility index (Phi) is 6.84. The molecule has 0 bridgehead atoms. The maximum atomic E-state index is 13.0. The molecule has 6 nitrogen and oxygen atoms in total. The van der Waals surface area contributed by atoms with E-state index in [-0.39, 0.29) is 18.1 Å². The molecule has 1 heterocycles. The summed E-state index contributed by atoms with van der Waals surface area (Å²) in [5, 5.41) is 7.14. The van der Waals surface area contributed by atoms with Crippen molar-refractivity contribution >= 4 is 11.7 Å². The van der Waals surface area contributed by atoms with Crippen molar-refractivity contribution in [3.63, 3.8) is 0 Å². The summed E-state index contributed by atoms with van der Waals surface area (Å²) in [5.74, 6) is 1.31. The predicted molar refractivity (Wildman–Crippen MR) is 109 cm³/mol. The summed E-state index contributed by atoms with van der Waals surface area (Å²) in [6.07, 6.45) is 1.96. The summed E-state index contributed by atoms with van der Waals surface area (Å²) in [6, 6.07) is 13.4. The van der Waals surface area contributed by atoms with Crippen LogP contribution in [0.25, 0.3) is 0 Å². The standard InChI is InChI=1S/C22H24FN3O3/c1-3-28-19-10-7-17(13-20(19)29-4-2)14-22(27)24-21-11-12-26(25-21)15-16-5-8-18(23)9-6-16/h5-13H,3-4,14-15H2,1-2H3,(H,24,25,27). The van der Waals surface area contributed by atoms with Crippen LogP contribution in [0.1, 0.15) is 25.0 Å². The van der Waals surface area contributed by atoms with E-state index in [0.29, 0.717) is 37.1 Å². The highest BCUT2D eigenvalue weighted by Gasteiger charge is 2.11. The molecule has 0 unspecified atom stereocenters. The number of ether oxygens (including phenoxy) is 2. The van der Waals surface area contributed by atoms with E-state index >= 15 is 0 Å². The van der Waals surface area contributed by atoms with Gasteiger partial charge in [-0.25, -0.2) is 4.39 Å².